The number of carbonyl (C=O) groups is 1. The fourth-order valence-corrected chi connectivity index (χ4v) is 1.58. The third kappa shape index (κ3) is 5.49. The molecule has 1 rings (SSSR count). The quantitative estimate of drug-likeness (QED) is 0.753. The number of hydrogen-bond donors (Lipinski definition) is 2. The van der Waals surface area contributed by atoms with Gasteiger partial charge in [-0.1, -0.05) is 12.1 Å². The molecule has 0 fully saturated rings. The van der Waals surface area contributed by atoms with Crippen LogP contribution in [0, 0.1) is 12.8 Å². The van der Waals surface area contributed by atoms with Crippen molar-refractivity contribution in [1.82, 2.24) is 10.5 Å². The minimum absolute atomic E-state index is 0.0444. The SMILES string of the molecule is Cc1cc(CNC(=O)CCC(C)CCN)on1. The average Bonchev–Trinajstić information content (AvgIpc) is 2.70. The predicted octanol–water partition coefficient (Wildman–Crippen LogP) is 1.36. The van der Waals surface area contributed by atoms with Crippen LogP contribution < -0.4 is 11.1 Å². The molecule has 1 aromatic rings. The van der Waals surface area contributed by atoms with Gasteiger partial charge in [-0.15, -0.1) is 0 Å². The number of carbonyl (C=O) groups excluding carboxylic acids is 1. The van der Waals surface area contributed by atoms with Crippen LogP contribution in [0.4, 0.5) is 0 Å². The van der Waals surface area contributed by atoms with Gasteiger partial charge >= 0.3 is 0 Å². The number of nitrogens with two attached hydrogens (primary N) is 1. The Kier molecular flexibility index (Phi) is 5.69. The van der Waals surface area contributed by atoms with Gasteiger partial charge in [0.05, 0.1) is 12.2 Å². The largest absolute Gasteiger partial charge is 0.359 e. The number of aryl methyl sites for hydroxylation is 1. The second kappa shape index (κ2) is 7.06. The molecule has 0 bridgehead atoms. The average molecular weight is 239 g/mol. The van der Waals surface area contributed by atoms with Crippen LogP contribution in [-0.4, -0.2) is 17.6 Å². The van der Waals surface area contributed by atoms with Crippen LogP contribution in [0.15, 0.2) is 10.6 Å². The monoisotopic (exact) mass is 239 g/mol. The number of hydrogen-bond acceptors (Lipinski definition) is 4. The first-order valence-electron chi connectivity index (χ1n) is 6.00. The highest BCUT2D eigenvalue weighted by atomic mass is 16.5. The first-order chi connectivity index (χ1) is 8.11. The Bertz CT molecular complexity index is 349. The molecule has 5 heteroatoms. The van der Waals surface area contributed by atoms with Gasteiger partial charge in [-0.05, 0) is 32.2 Å². The van der Waals surface area contributed by atoms with Gasteiger partial charge < -0.3 is 15.6 Å². The maximum atomic E-state index is 11.5. The van der Waals surface area contributed by atoms with E-state index in [1.54, 1.807) is 0 Å². The molecule has 0 aliphatic heterocycles. The highest BCUT2D eigenvalue weighted by Crippen LogP contribution is 2.09. The Morgan fingerprint density at radius 3 is 2.94 bits per heavy atom. The fourth-order valence-electron chi connectivity index (χ4n) is 1.58. The minimum atomic E-state index is 0.0444. The van der Waals surface area contributed by atoms with Crippen LogP contribution in [0.2, 0.25) is 0 Å². The standard InChI is InChI=1S/C12H21N3O2/c1-9(5-6-13)3-4-12(16)14-8-11-7-10(2)15-17-11/h7,9H,3-6,8,13H2,1-2H3,(H,14,16). The van der Waals surface area contributed by atoms with Crippen molar-refractivity contribution in [2.45, 2.75) is 39.7 Å². The number of amides is 1. The summed E-state index contributed by atoms with van der Waals surface area (Å²) in [6.45, 7) is 5.05. The Morgan fingerprint density at radius 2 is 2.35 bits per heavy atom. The second-order valence-corrected chi connectivity index (χ2v) is 4.43. The van der Waals surface area contributed by atoms with E-state index in [0.29, 0.717) is 31.2 Å². The van der Waals surface area contributed by atoms with Crippen molar-refractivity contribution < 1.29 is 9.32 Å². The maximum absolute atomic E-state index is 11.5. The molecule has 0 radical (unpaired) electrons. The van der Waals surface area contributed by atoms with Gasteiger partial charge in [0, 0.05) is 12.5 Å². The molecule has 1 amide bonds. The first-order valence-corrected chi connectivity index (χ1v) is 6.00. The van der Waals surface area contributed by atoms with Crippen LogP contribution in [0.3, 0.4) is 0 Å². The van der Waals surface area contributed by atoms with Crippen molar-refractivity contribution in [3.63, 3.8) is 0 Å². The van der Waals surface area contributed by atoms with Crippen LogP contribution in [0.1, 0.15) is 37.6 Å². The topological polar surface area (TPSA) is 81.2 Å². The zero-order valence-electron chi connectivity index (χ0n) is 10.5. The predicted molar refractivity (Wildman–Crippen MR) is 65.2 cm³/mol. The molecule has 0 saturated carbocycles. The molecule has 1 unspecified atom stereocenters. The summed E-state index contributed by atoms with van der Waals surface area (Å²) < 4.78 is 5.00. The summed E-state index contributed by atoms with van der Waals surface area (Å²) in [5, 5.41) is 6.56. The lowest BCUT2D eigenvalue weighted by atomic mass is 10.0. The normalized spacial score (nSPS) is 12.4. The number of nitrogens with zero attached hydrogens (tertiary/aromatic N) is 1. The first kappa shape index (κ1) is 13.7. The van der Waals surface area contributed by atoms with Crippen molar-refractivity contribution in [3.8, 4) is 0 Å². The van der Waals surface area contributed by atoms with E-state index in [-0.39, 0.29) is 5.91 Å². The Morgan fingerprint density at radius 1 is 1.59 bits per heavy atom. The summed E-state index contributed by atoms with van der Waals surface area (Å²) in [7, 11) is 0. The van der Waals surface area contributed by atoms with Crippen molar-refractivity contribution in [2.75, 3.05) is 6.54 Å². The van der Waals surface area contributed by atoms with E-state index in [4.69, 9.17) is 10.3 Å². The van der Waals surface area contributed by atoms with Crippen molar-refractivity contribution >= 4 is 5.91 Å². The summed E-state index contributed by atoms with van der Waals surface area (Å²) in [5.74, 6) is 1.23. The highest BCUT2D eigenvalue weighted by Gasteiger charge is 2.07. The zero-order valence-corrected chi connectivity index (χ0v) is 10.5. The van der Waals surface area contributed by atoms with E-state index >= 15 is 0 Å². The van der Waals surface area contributed by atoms with E-state index in [2.05, 4.69) is 17.4 Å². The lowest BCUT2D eigenvalue weighted by Crippen LogP contribution is -2.23. The molecule has 0 aliphatic rings. The molecule has 3 N–H and O–H groups in total. The van der Waals surface area contributed by atoms with Crippen LogP contribution in [0.25, 0.3) is 0 Å². The lowest BCUT2D eigenvalue weighted by Gasteiger charge is -2.09. The molecular weight excluding hydrogens is 218 g/mol. The molecule has 17 heavy (non-hydrogen) atoms. The molecule has 0 spiro atoms. The Labute approximate surface area is 102 Å². The summed E-state index contributed by atoms with van der Waals surface area (Å²) in [4.78, 5) is 11.5. The van der Waals surface area contributed by atoms with Gasteiger partial charge in [0.25, 0.3) is 0 Å². The van der Waals surface area contributed by atoms with E-state index in [9.17, 15) is 4.79 Å². The minimum Gasteiger partial charge on any atom is -0.359 e. The van der Waals surface area contributed by atoms with E-state index in [1.165, 1.54) is 0 Å². The fraction of sp³-hybridized carbons (Fsp3) is 0.667. The third-order valence-corrected chi connectivity index (χ3v) is 2.66. The van der Waals surface area contributed by atoms with Crippen LogP contribution >= 0.6 is 0 Å². The van der Waals surface area contributed by atoms with Gasteiger partial charge in [0.2, 0.25) is 5.91 Å². The summed E-state index contributed by atoms with van der Waals surface area (Å²) >= 11 is 0. The van der Waals surface area contributed by atoms with Crippen molar-refractivity contribution in [3.05, 3.63) is 17.5 Å². The summed E-state index contributed by atoms with van der Waals surface area (Å²) in [6.07, 6.45) is 2.38. The highest BCUT2D eigenvalue weighted by molar-refractivity contribution is 5.75. The molecule has 5 nitrogen and oxygen atoms in total. The van der Waals surface area contributed by atoms with Crippen LogP contribution in [0.5, 0.6) is 0 Å². The molecule has 0 aliphatic carbocycles. The smallest absolute Gasteiger partial charge is 0.220 e. The molecule has 1 heterocycles. The molecule has 1 atom stereocenters. The molecule has 0 aromatic carbocycles. The van der Waals surface area contributed by atoms with Gasteiger partial charge in [-0.25, -0.2) is 0 Å². The summed E-state index contributed by atoms with van der Waals surface area (Å²) in [6, 6.07) is 1.82. The third-order valence-electron chi connectivity index (χ3n) is 2.66. The molecule has 96 valence electrons. The zero-order chi connectivity index (χ0) is 12.7. The van der Waals surface area contributed by atoms with Gasteiger partial charge in [-0.3, -0.25) is 4.79 Å². The number of nitrogens with one attached hydrogen (secondary N) is 1. The number of aromatic nitrogens is 1. The number of rotatable bonds is 7. The van der Waals surface area contributed by atoms with E-state index < -0.39 is 0 Å². The van der Waals surface area contributed by atoms with Crippen molar-refractivity contribution in [2.24, 2.45) is 11.7 Å². The maximum Gasteiger partial charge on any atom is 0.220 e. The van der Waals surface area contributed by atoms with E-state index in [0.717, 1.165) is 18.5 Å². The van der Waals surface area contributed by atoms with Gasteiger partial charge in [0.15, 0.2) is 5.76 Å². The van der Waals surface area contributed by atoms with Gasteiger partial charge in [0.1, 0.15) is 0 Å². The van der Waals surface area contributed by atoms with E-state index in [1.807, 2.05) is 13.0 Å². The lowest BCUT2D eigenvalue weighted by molar-refractivity contribution is -0.121. The molecule has 0 saturated heterocycles. The molecule has 1 aromatic heterocycles. The van der Waals surface area contributed by atoms with Crippen LogP contribution in [-0.2, 0) is 11.3 Å². The molecular formula is C12H21N3O2. The van der Waals surface area contributed by atoms with Crippen molar-refractivity contribution in [1.29, 1.82) is 0 Å². The Balaban J connectivity index is 2.17. The Hall–Kier alpha value is -1.36. The summed E-state index contributed by atoms with van der Waals surface area (Å²) in [5.41, 5.74) is 6.28. The second-order valence-electron chi connectivity index (χ2n) is 4.43. The van der Waals surface area contributed by atoms with Gasteiger partial charge in [-0.2, -0.15) is 0 Å².